The lowest BCUT2D eigenvalue weighted by Crippen LogP contribution is -2.13. The van der Waals surface area contributed by atoms with E-state index in [4.69, 9.17) is 10.0 Å². The van der Waals surface area contributed by atoms with Crippen molar-refractivity contribution in [3.8, 4) is 0 Å². The van der Waals surface area contributed by atoms with Crippen molar-refractivity contribution in [1.82, 2.24) is 0 Å². The van der Waals surface area contributed by atoms with Gasteiger partial charge in [0.15, 0.2) is 0 Å². The van der Waals surface area contributed by atoms with Crippen molar-refractivity contribution >= 4 is 7.12 Å². The average molecular weight is 136 g/mol. The van der Waals surface area contributed by atoms with Crippen LogP contribution in [0.2, 0.25) is 0 Å². The molecule has 0 aromatic heterocycles. The molecule has 52 valence electrons. The summed E-state index contributed by atoms with van der Waals surface area (Å²) in [5.74, 6) is 0. The molecule has 10 heavy (non-hydrogen) atoms. The average Bonchev–Trinajstić information content (AvgIpc) is 2.12. The predicted octanol–water partition coefficient (Wildman–Crippen LogP) is 0.441. The van der Waals surface area contributed by atoms with Gasteiger partial charge in [0.2, 0.25) is 0 Å². The van der Waals surface area contributed by atoms with Crippen molar-refractivity contribution in [2.45, 2.75) is 6.42 Å². The van der Waals surface area contributed by atoms with Crippen LogP contribution in [0.4, 0.5) is 0 Å². The van der Waals surface area contributed by atoms with Crippen LogP contribution < -0.4 is 0 Å². The molecule has 1 aliphatic carbocycles. The predicted molar refractivity (Wildman–Crippen MR) is 41.2 cm³/mol. The van der Waals surface area contributed by atoms with E-state index in [2.05, 4.69) is 0 Å². The standard InChI is InChI=1S/C7H9BO2/c9-8(10)7-5-3-1-2-4-6-7/h1-3,5-6,9-10H,4H2. The van der Waals surface area contributed by atoms with Gasteiger partial charge in [0, 0.05) is 0 Å². The molecular weight excluding hydrogens is 127 g/mol. The quantitative estimate of drug-likeness (QED) is 0.513. The summed E-state index contributed by atoms with van der Waals surface area (Å²) in [6, 6.07) is 0. The third kappa shape index (κ3) is 1.86. The zero-order valence-corrected chi connectivity index (χ0v) is 5.57. The Morgan fingerprint density at radius 2 is 2.10 bits per heavy atom. The van der Waals surface area contributed by atoms with E-state index in [1.807, 2.05) is 12.2 Å². The molecule has 0 unspecified atom stereocenters. The van der Waals surface area contributed by atoms with E-state index < -0.39 is 7.12 Å². The van der Waals surface area contributed by atoms with Crippen LogP contribution in [0.1, 0.15) is 6.42 Å². The van der Waals surface area contributed by atoms with Crippen LogP contribution in [0.5, 0.6) is 0 Å². The number of rotatable bonds is 1. The fraction of sp³-hybridized carbons (Fsp3) is 0.143. The molecule has 0 spiro atoms. The molecule has 2 nitrogen and oxygen atoms in total. The molecule has 0 heterocycles. The van der Waals surface area contributed by atoms with E-state index >= 15 is 0 Å². The number of allylic oxidation sites excluding steroid dienone is 6. The lowest BCUT2D eigenvalue weighted by Gasteiger charge is -1.95. The molecule has 0 saturated carbocycles. The van der Waals surface area contributed by atoms with Crippen molar-refractivity contribution in [2.24, 2.45) is 0 Å². The summed E-state index contributed by atoms with van der Waals surface area (Å²) in [5, 5.41) is 17.4. The first-order valence-corrected chi connectivity index (χ1v) is 3.20. The molecule has 0 bridgehead atoms. The van der Waals surface area contributed by atoms with Gasteiger partial charge in [-0.15, -0.1) is 0 Å². The van der Waals surface area contributed by atoms with Gasteiger partial charge in [-0.05, 0) is 11.9 Å². The Morgan fingerprint density at radius 3 is 2.80 bits per heavy atom. The Balaban J connectivity index is 2.69. The van der Waals surface area contributed by atoms with Crippen molar-refractivity contribution in [2.75, 3.05) is 0 Å². The molecule has 0 aliphatic heterocycles. The smallest absolute Gasteiger partial charge is 0.423 e. The molecule has 0 amide bonds. The number of hydrogen-bond donors (Lipinski definition) is 2. The minimum atomic E-state index is -1.34. The van der Waals surface area contributed by atoms with E-state index in [0.29, 0.717) is 5.47 Å². The van der Waals surface area contributed by atoms with Crippen LogP contribution in [-0.4, -0.2) is 17.2 Å². The van der Waals surface area contributed by atoms with E-state index in [1.54, 1.807) is 18.2 Å². The zero-order valence-electron chi connectivity index (χ0n) is 5.57. The maximum atomic E-state index is 8.71. The molecule has 1 aliphatic rings. The fourth-order valence-corrected chi connectivity index (χ4v) is 0.787. The molecule has 0 saturated heterocycles. The Morgan fingerprint density at radius 1 is 1.30 bits per heavy atom. The van der Waals surface area contributed by atoms with Gasteiger partial charge in [0.1, 0.15) is 0 Å². The Hall–Kier alpha value is -0.795. The first kappa shape index (κ1) is 7.31. The Bertz CT molecular complexity index is 192. The molecule has 0 atom stereocenters. The van der Waals surface area contributed by atoms with Gasteiger partial charge in [-0.3, -0.25) is 0 Å². The SMILES string of the molecule is OB(O)C1=CCC=CC=C1. The van der Waals surface area contributed by atoms with Crippen LogP contribution in [0, 0.1) is 0 Å². The largest absolute Gasteiger partial charge is 0.488 e. The normalized spacial score (nSPS) is 16.4. The van der Waals surface area contributed by atoms with E-state index in [-0.39, 0.29) is 0 Å². The molecule has 1 rings (SSSR count). The summed E-state index contributed by atoms with van der Waals surface area (Å²) in [7, 11) is -1.34. The summed E-state index contributed by atoms with van der Waals surface area (Å²) >= 11 is 0. The van der Waals surface area contributed by atoms with E-state index in [1.165, 1.54) is 0 Å². The highest BCUT2D eigenvalue weighted by atomic mass is 16.4. The highest BCUT2D eigenvalue weighted by molar-refractivity contribution is 6.51. The third-order valence-corrected chi connectivity index (χ3v) is 1.32. The molecular formula is C7H9BO2. The summed E-state index contributed by atoms with van der Waals surface area (Å²) in [6.45, 7) is 0. The van der Waals surface area contributed by atoms with Crippen LogP contribution in [0.25, 0.3) is 0 Å². The first-order valence-electron chi connectivity index (χ1n) is 3.20. The second-order valence-corrected chi connectivity index (χ2v) is 2.10. The summed E-state index contributed by atoms with van der Waals surface area (Å²) < 4.78 is 0. The monoisotopic (exact) mass is 136 g/mol. The molecule has 0 fully saturated rings. The fourth-order valence-electron chi connectivity index (χ4n) is 0.787. The first-order chi connectivity index (χ1) is 4.80. The van der Waals surface area contributed by atoms with E-state index in [9.17, 15) is 0 Å². The molecule has 0 aromatic rings. The maximum Gasteiger partial charge on any atom is 0.488 e. The lowest BCUT2D eigenvalue weighted by molar-refractivity contribution is 0.420. The summed E-state index contributed by atoms with van der Waals surface area (Å²) in [6.07, 6.45) is 9.86. The highest BCUT2D eigenvalue weighted by Gasteiger charge is 2.10. The molecule has 0 aromatic carbocycles. The van der Waals surface area contributed by atoms with Crippen molar-refractivity contribution in [3.63, 3.8) is 0 Å². The van der Waals surface area contributed by atoms with Crippen molar-refractivity contribution in [3.05, 3.63) is 35.9 Å². The van der Waals surface area contributed by atoms with Gasteiger partial charge in [-0.1, -0.05) is 30.4 Å². The van der Waals surface area contributed by atoms with Gasteiger partial charge in [-0.25, -0.2) is 0 Å². The minimum Gasteiger partial charge on any atom is -0.423 e. The van der Waals surface area contributed by atoms with Crippen molar-refractivity contribution < 1.29 is 10.0 Å². The minimum absolute atomic E-state index is 0.560. The van der Waals surface area contributed by atoms with Gasteiger partial charge < -0.3 is 10.0 Å². The van der Waals surface area contributed by atoms with Gasteiger partial charge in [0.05, 0.1) is 0 Å². The zero-order chi connectivity index (χ0) is 7.40. The van der Waals surface area contributed by atoms with Gasteiger partial charge in [0.25, 0.3) is 0 Å². The van der Waals surface area contributed by atoms with Crippen molar-refractivity contribution in [1.29, 1.82) is 0 Å². The molecule has 2 N–H and O–H groups in total. The second-order valence-electron chi connectivity index (χ2n) is 2.10. The Labute approximate surface area is 60.3 Å². The summed E-state index contributed by atoms with van der Waals surface area (Å²) in [4.78, 5) is 0. The van der Waals surface area contributed by atoms with Crippen LogP contribution >= 0.6 is 0 Å². The third-order valence-electron chi connectivity index (χ3n) is 1.32. The lowest BCUT2D eigenvalue weighted by atomic mass is 9.79. The molecule has 0 radical (unpaired) electrons. The van der Waals surface area contributed by atoms with Crippen LogP contribution in [-0.2, 0) is 0 Å². The summed E-state index contributed by atoms with van der Waals surface area (Å²) in [5.41, 5.74) is 0.560. The second kappa shape index (κ2) is 3.39. The topological polar surface area (TPSA) is 40.5 Å². The molecule has 3 heteroatoms. The van der Waals surface area contributed by atoms with Gasteiger partial charge in [-0.2, -0.15) is 0 Å². The number of hydrogen-bond acceptors (Lipinski definition) is 2. The van der Waals surface area contributed by atoms with E-state index in [0.717, 1.165) is 6.42 Å². The van der Waals surface area contributed by atoms with Crippen LogP contribution in [0.3, 0.4) is 0 Å². The van der Waals surface area contributed by atoms with Crippen LogP contribution in [0.15, 0.2) is 35.9 Å². The highest BCUT2D eigenvalue weighted by Crippen LogP contribution is 2.05. The Kier molecular flexibility index (Phi) is 2.48. The maximum absolute atomic E-state index is 8.71. The van der Waals surface area contributed by atoms with Gasteiger partial charge >= 0.3 is 7.12 Å².